The van der Waals surface area contributed by atoms with Gasteiger partial charge in [-0.25, -0.2) is 4.79 Å². The van der Waals surface area contributed by atoms with E-state index in [1.807, 2.05) is 0 Å². The Labute approximate surface area is 116 Å². The number of carbonyl (C=O) groups is 2. The molecule has 19 heavy (non-hydrogen) atoms. The van der Waals surface area contributed by atoms with Gasteiger partial charge < -0.3 is 15.2 Å². The van der Waals surface area contributed by atoms with Gasteiger partial charge in [0, 0.05) is 10.7 Å². The Bertz CT molecular complexity index is 499. The monoisotopic (exact) mass is 285 g/mol. The lowest BCUT2D eigenvalue weighted by atomic mass is 9.95. The Morgan fingerprint density at radius 1 is 1.37 bits per heavy atom. The summed E-state index contributed by atoms with van der Waals surface area (Å²) < 4.78 is 9.69. The van der Waals surface area contributed by atoms with Crippen LogP contribution < -0.4 is 5.73 Å². The number of nitrogen functional groups attached to an aromatic ring is 1. The van der Waals surface area contributed by atoms with Crippen LogP contribution in [0.3, 0.4) is 0 Å². The molecule has 1 aromatic rings. The maximum atomic E-state index is 11.9. The summed E-state index contributed by atoms with van der Waals surface area (Å²) in [6, 6.07) is 4.51. The van der Waals surface area contributed by atoms with Crippen molar-refractivity contribution in [3.8, 4) is 0 Å². The van der Waals surface area contributed by atoms with Crippen LogP contribution in [0.15, 0.2) is 18.2 Å². The van der Waals surface area contributed by atoms with Gasteiger partial charge in [0.25, 0.3) is 0 Å². The van der Waals surface area contributed by atoms with E-state index >= 15 is 0 Å². The highest BCUT2D eigenvalue weighted by Crippen LogP contribution is 2.21. The zero-order chi connectivity index (χ0) is 14.6. The van der Waals surface area contributed by atoms with Crippen molar-refractivity contribution < 1.29 is 19.1 Å². The molecule has 1 aromatic carbocycles. The van der Waals surface area contributed by atoms with Crippen LogP contribution in [-0.4, -0.2) is 25.7 Å². The molecule has 104 valence electrons. The number of hydrogen-bond acceptors (Lipinski definition) is 5. The molecule has 0 unspecified atom stereocenters. The van der Waals surface area contributed by atoms with Gasteiger partial charge in [0.1, 0.15) is 6.61 Å². The Hall–Kier alpha value is -1.75. The lowest BCUT2D eigenvalue weighted by Gasteiger charge is -2.21. The highest BCUT2D eigenvalue weighted by Gasteiger charge is 2.31. The van der Waals surface area contributed by atoms with E-state index in [0.29, 0.717) is 5.02 Å². The maximum absolute atomic E-state index is 11.9. The SMILES string of the molecule is COC(=O)C(C)(C)COC(=O)c1cc(Cl)ccc1N. The summed E-state index contributed by atoms with van der Waals surface area (Å²) in [5.41, 5.74) is 5.19. The first-order chi connectivity index (χ1) is 8.77. The zero-order valence-corrected chi connectivity index (χ0v) is 11.8. The van der Waals surface area contributed by atoms with Crippen LogP contribution in [0.4, 0.5) is 5.69 Å². The Kier molecular flexibility index (Phi) is 4.78. The van der Waals surface area contributed by atoms with Crippen molar-refractivity contribution >= 4 is 29.2 Å². The van der Waals surface area contributed by atoms with Crippen LogP contribution >= 0.6 is 11.6 Å². The van der Waals surface area contributed by atoms with E-state index in [0.717, 1.165) is 0 Å². The average molecular weight is 286 g/mol. The summed E-state index contributed by atoms with van der Waals surface area (Å²) in [5.74, 6) is -1.09. The molecule has 0 aliphatic heterocycles. The topological polar surface area (TPSA) is 78.6 Å². The molecule has 0 fully saturated rings. The van der Waals surface area contributed by atoms with Gasteiger partial charge >= 0.3 is 11.9 Å². The number of hydrogen-bond donors (Lipinski definition) is 1. The molecule has 0 saturated carbocycles. The van der Waals surface area contributed by atoms with Gasteiger partial charge in [-0.1, -0.05) is 11.6 Å². The predicted octanol–water partition coefficient (Wildman–Crippen LogP) is 2.28. The van der Waals surface area contributed by atoms with Crippen LogP contribution in [0.1, 0.15) is 24.2 Å². The number of ether oxygens (including phenoxy) is 2. The lowest BCUT2D eigenvalue weighted by Crippen LogP contribution is -2.32. The predicted molar refractivity (Wildman–Crippen MR) is 71.9 cm³/mol. The van der Waals surface area contributed by atoms with E-state index in [9.17, 15) is 9.59 Å². The van der Waals surface area contributed by atoms with E-state index < -0.39 is 17.4 Å². The molecule has 2 N–H and O–H groups in total. The van der Waals surface area contributed by atoms with Gasteiger partial charge in [0.05, 0.1) is 18.1 Å². The molecule has 0 atom stereocenters. The lowest BCUT2D eigenvalue weighted by molar-refractivity contribution is -0.152. The molecular weight excluding hydrogens is 270 g/mol. The van der Waals surface area contributed by atoms with Gasteiger partial charge in [-0.2, -0.15) is 0 Å². The third kappa shape index (κ3) is 3.86. The van der Waals surface area contributed by atoms with Gasteiger partial charge in [-0.15, -0.1) is 0 Å². The highest BCUT2D eigenvalue weighted by atomic mass is 35.5. The first kappa shape index (κ1) is 15.3. The minimum absolute atomic E-state index is 0.107. The third-order valence-electron chi connectivity index (χ3n) is 2.54. The average Bonchev–Trinajstić information content (AvgIpc) is 2.37. The fourth-order valence-corrected chi connectivity index (χ4v) is 1.54. The van der Waals surface area contributed by atoms with Crippen molar-refractivity contribution in [2.75, 3.05) is 19.5 Å². The fraction of sp³-hybridized carbons (Fsp3) is 0.385. The number of esters is 2. The summed E-state index contributed by atoms with van der Waals surface area (Å²) in [6.07, 6.45) is 0. The smallest absolute Gasteiger partial charge is 0.340 e. The first-order valence-corrected chi connectivity index (χ1v) is 5.96. The number of nitrogens with two attached hydrogens (primary N) is 1. The van der Waals surface area contributed by atoms with E-state index in [2.05, 4.69) is 4.74 Å². The minimum atomic E-state index is -0.919. The fourth-order valence-electron chi connectivity index (χ4n) is 1.36. The number of benzene rings is 1. The Morgan fingerprint density at radius 3 is 2.58 bits per heavy atom. The standard InChI is InChI=1S/C13H16ClNO4/c1-13(2,12(17)18-3)7-19-11(16)9-6-8(14)4-5-10(9)15/h4-6H,7,15H2,1-3H3. The third-order valence-corrected chi connectivity index (χ3v) is 2.77. The zero-order valence-electron chi connectivity index (χ0n) is 11.0. The molecule has 0 heterocycles. The summed E-state index contributed by atoms with van der Waals surface area (Å²) in [4.78, 5) is 23.3. The second-order valence-electron chi connectivity index (χ2n) is 4.68. The normalized spacial score (nSPS) is 10.9. The molecular formula is C13H16ClNO4. The second kappa shape index (κ2) is 5.93. The maximum Gasteiger partial charge on any atom is 0.340 e. The molecule has 0 spiro atoms. The number of rotatable bonds is 4. The largest absolute Gasteiger partial charge is 0.469 e. The minimum Gasteiger partial charge on any atom is -0.469 e. The molecule has 6 heteroatoms. The Morgan fingerprint density at radius 2 is 2.00 bits per heavy atom. The summed E-state index contributed by atoms with van der Waals surface area (Å²) in [7, 11) is 1.28. The van der Waals surface area contributed by atoms with E-state index in [1.165, 1.54) is 19.2 Å². The molecule has 0 aromatic heterocycles. The molecule has 5 nitrogen and oxygen atoms in total. The highest BCUT2D eigenvalue weighted by molar-refractivity contribution is 6.31. The van der Waals surface area contributed by atoms with Gasteiger partial charge in [-0.3, -0.25) is 4.79 Å². The van der Waals surface area contributed by atoms with Gasteiger partial charge in [0.15, 0.2) is 0 Å². The number of methoxy groups -OCH3 is 1. The van der Waals surface area contributed by atoms with Crippen LogP contribution in [0.25, 0.3) is 0 Å². The van der Waals surface area contributed by atoms with E-state index in [4.69, 9.17) is 22.1 Å². The van der Waals surface area contributed by atoms with Crippen LogP contribution in [0.5, 0.6) is 0 Å². The molecule has 0 amide bonds. The number of anilines is 1. The summed E-state index contributed by atoms with van der Waals surface area (Å²) in [5, 5.41) is 0.383. The van der Waals surface area contributed by atoms with Crippen molar-refractivity contribution in [3.63, 3.8) is 0 Å². The molecule has 1 rings (SSSR count). The number of halogens is 1. The van der Waals surface area contributed by atoms with Crippen molar-refractivity contribution in [3.05, 3.63) is 28.8 Å². The van der Waals surface area contributed by atoms with Crippen LogP contribution in [0, 0.1) is 5.41 Å². The van der Waals surface area contributed by atoms with E-state index in [-0.39, 0.29) is 17.9 Å². The van der Waals surface area contributed by atoms with Crippen molar-refractivity contribution in [1.29, 1.82) is 0 Å². The molecule has 0 aliphatic carbocycles. The summed E-state index contributed by atoms with van der Waals surface area (Å²) >= 11 is 5.79. The Balaban J connectivity index is 2.76. The van der Waals surface area contributed by atoms with Crippen molar-refractivity contribution in [2.24, 2.45) is 5.41 Å². The summed E-state index contributed by atoms with van der Waals surface area (Å²) in [6.45, 7) is 3.13. The molecule has 0 saturated heterocycles. The number of carbonyl (C=O) groups excluding carboxylic acids is 2. The van der Waals surface area contributed by atoms with E-state index in [1.54, 1.807) is 19.9 Å². The van der Waals surface area contributed by atoms with Gasteiger partial charge in [0.2, 0.25) is 0 Å². The molecule has 0 radical (unpaired) electrons. The van der Waals surface area contributed by atoms with Crippen molar-refractivity contribution in [1.82, 2.24) is 0 Å². The first-order valence-electron chi connectivity index (χ1n) is 5.58. The van der Waals surface area contributed by atoms with Gasteiger partial charge in [-0.05, 0) is 32.0 Å². The van der Waals surface area contributed by atoms with Crippen molar-refractivity contribution in [2.45, 2.75) is 13.8 Å². The quantitative estimate of drug-likeness (QED) is 0.678. The molecule has 0 bridgehead atoms. The molecule has 0 aliphatic rings. The van der Waals surface area contributed by atoms with Crippen LogP contribution in [0.2, 0.25) is 5.02 Å². The van der Waals surface area contributed by atoms with Crippen LogP contribution in [-0.2, 0) is 14.3 Å². The second-order valence-corrected chi connectivity index (χ2v) is 5.12.